The van der Waals surface area contributed by atoms with Crippen LogP contribution in [0.5, 0.6) is 0 Å². The predicted molar refractivity (Wildman–Crippen MR) is 98.2 cm³/mol. The number of aryl methyl sites for hydroxylation is 1. The molecule has 0 saturated carbocycles. The molecule has 1 N–H and O–H groups in total. The summed E-state index contributed by atoms with van der Waals surface area (Å²) < 4.78 is 25.1. The van der Waals surface area contributed by atoms with Crippen LogP contribution < -0.4 is 9.62 Å². The van der Waals surface area contributed by atoms with Crippen LogP contribution in [0, 0.1) is 18.3 Å². The number of sulfonamides is 1. The summed E-state index contributed by atoms with van der Waals surface area (Å²) >= 11 is 6.05. The molecule has 2 aromatic rings. The van der Waals surface area contributed by atoms with Crippen LogP contribution in [-0.2, 0) is 14.8 Å². The van der Waals surface area contributed by atoms with E-state index in [1.54, 1.807) is 43.3 Å². The van der Waals surface area contributed by atoms with Gasteiger partial charge in [-0.2, -0.15) is 5.26 Å². The zero-order chi connectivity index (χ0) is 18.6. The summed E-state index contributed by atoms with van der Waals surface area (Å²) in [5.74, 6) is -0.508. The molecule has 0 fully saturated rings. The number of carbonyl (C=O) groups is 1. The van der Waals surface area contributed by atoms with Crippen LogP contribution in [0.1, 0.15) is 11.1 Å². The molecule has 0 bridgehead atoms. The molecule has 0 aromatic heterocycles. The van der Waals surface area contributed by atoms with Crippen molar-refractivity contribution >= 4 is 38.9 Å². The van der Waals surface area contributed by atoms with Crippen molar-refractivity contribution in [3.63, 3.8) is 0 Å². The van der Waals surface area contributed by atoms with Gasteiger partial charge in [-0.15, -0.1) is 0 Å². The van der Waals surface area contributed by atoms with Crippen LogP contribution >= 0.6 is 11.6 Å². The number of anilines is 2. The Morgan fingerprint density at radius 3 is 2.40 bits per heavy atom. The molecule has 0 heterocycles. The molecule has 130 valence electrons. The zero-order valence-electron chi connectivity index (χ0n) is 13.7. The van der Waals surface area contributed by atoms with Gasteiger partial charge >= 0.3 is 0 Å². The summed E-state index contributed by atoms with van der Waals surface area (Å²) in [7, 11) is -3.67. The largest absolute Gasteiger partial charge is 0.325 e. The highest BCUT2D eigenvalue weighted by atomic mass is 35.5. The number of rotatable bonds is 5. The van der Waals surface area contributed by atoms with Gasteiger partial charge in [-0.25, -0.2) is 8.42 Å². The number of carbonyl (C=O) groups excluding carboxylic acids is 1. The molecule has 0 radical (unpaired) electrons. The highest BCUT2D eigenvalue weighted by Gasteiger charge is 2.21. The molecule has 2 rings (SSSR count). The van der Waals surface area contributed by atoms with E-state index in [0.29, 0.717) is 22.0 Å². The first kappa shape index (κ1) is 18.8. The molecule has 0 saturated heterocycles. The van der Waals surface area contributed by atoms with E-state index in [9.17, 15) is 13.2 Å². The second-order valence-corrected chi connectivity index (χ2v) is 7.75. The van der Waals surface area contributed by atoms with Gasteiger partial charge in [0, 0.05) is 10.7 Å². The Balaban J connectivity index is 2.20. The number of nitriles is 1. The average molecular weight is 378 g/mol. The molecule has 6 nitrogen and oxygen atoms in total. The van der Waals surface area contributed by atoms with Gasteiger partial charge in [0.05, 0.1) is 23.6 Å². The Bertz CT molecular complexity index is 935. The Labute approximate surface area is 151 Å². The van der Waals surface area contributed by atoms with Crippen molar-refractivity contribution in [2.45, 2.75) is 6.92 Å². The lowest BCUT2D eigenvalue weighted by molar-refractivity contribution is -0.114. The normalized spacial score (nSPS) is 10.8. The number of nitrogens with one attached hydrogen (secondary N) is 1. The number of benzene rings is 2. The van der Waals surface area contributed by atoms with Crippen molar-refractivity contribution in [3.8, 4) is 6.07 Å². The smallest absolute Gasteiger partial charge is 0.245 e. The van der Waals surface area contributed by atoms with Crippen molar-refractivity contribution in [1.82, 2.24) is 0 Å². The molecular weight excluding hydrogens is 362 g/mol. The average Bonchev–Trinajstić information content (AvgIpc) is 2.55. The second kappa shape index (κ2) is 7.55. The fourth-order valence-corrected chi connectivity index (χ4v) is 3.12. The van der Waals surface area contributed by atoms with Gasteiger partial charge in [-0.1, -0.05) is 17.7 Å². The lowest BCUT2D eigenvalue weighted by Crippen LogP contribution is -2.37. The molecule has 0 aliphatic rings. The molecule has 25 heavy (non-hydrogen) atoms. The topological polar surface area (TPSA) is 90.3 Å². The van der Waals surface area contributed by atoms with E-state index in [0.717, 1.165) is 16.1 Å². The first-order valence-electron chi connectivity index (χ1n) is 7.24. The molecule has 0 aliphatic carbocycles. The van der Waals surface area contributed by atoms with E-state index in [1.165, 1.54) is 6.07 Å². The van der Waals surface area contributed by atoms with Crippen molar-refractivity contribution in [2.75, 3.05) is 22.4 Å². The monoisotopic (exact) mass is 377 g/mol. The number of amides is 1. The fourth-order valence-electron chi connectivity index (χ4n) is 2.10. The molecule has 0 unspecified atom stereocenters. The van der Waals surface area contributed by atoms with Crippen molar-refractivity contribution in [2.24, 2.45) is 0 Å². The van der Waals surface area contributed by atoms with E-state index >= 15 is 0 Å². The Hall–Kier alpha value is -2.56. The standard InChI is InChI=1S/C17H16ClN3O3S/c1-12-3-8-15(9-16(12)18)21(25(2,23)24)11-17(22)20-14-6-4-13(10-19)5-7-14/h3-9H,11H2,1-2H3,(H,20,22). The summed E-state index contributed by atoms with van der Waals surface area (Å²) in [5.41, 5.74) is 2.05. The number of hydrogen-bond acceptors (Lipinski definition) is 4. The van der Waals surface area contributed by atoms with Crippen LogP contribution in [0.2, 0.25) is 5.02 Å². The zero-order valence-corrected chi connectivity index (χ0v) is 15.2. The van der Waals surface area contributed by atoms with Gasteiger partial charge in [0.25, 0.3) is 0 Å². The van der Waals surface area contributed by atoms with Gasteiger partial charge in [0.2, 0.25) is 15.9 Å². The quantitative estimate of drug-likeness (QED) is 0.867. The maximum atomic E-state index is 12.2. The highest BCUT2D eigenvalue weighted by molar-refractivity contribution is 7.92. The second-order valence-electron chi connectivity index (χ2n) is 5.44. The van der Waals surface area contributed by atoms with Crippen molar-refractivity contribution < 1.29 is 13.2 Å². The number of hydrogen-bond donors (Lipinski definition) is 1. The summed E-state index contributed by atoms with van der Waals surface area (Å²) in [5, 5.41) is 11.8. The van der Waals surface area contributed by atoms with Crippen LogP contribution in [0.3, 0.4) is 0 Å². The Kier molecular flexibility index (Phi) is 5.67. The number of nitrogens with zero attached hydrogens (tertiary/aromatic N) is 2. The molecule has 1 amide bonds. The molecule has 0 aliphatic heterocycles. The van der Waals surface area contributed by atoms with Crippen LogP contribution in [-0.4, -0.2) is 27.1 Å². The van der Waals surface area contributed by atoms with Gasteiger partial charge < -0.3 is 5.32 Å². The maximum Gasteiger partial charge on any atom is 0.245 e. The van der Waals surface area contributed by atoms with E-state index in [2.05, 4.69) is 5.32 Å². The minimum Gasteiger partial charge on any atom is -0.325 e. The summed E-state index contributed by atoms with van der Waals surface area (Å²) in [4.78, 5) is 12.2. The van der Waals surface area contributed by atoms with Gasteiger partial charge in [-0.3, -0.25) is 9.10 Å². The SMILES string of the molecule is Cc1ccc(N(CC(=O)Nc2ccc(C#N)cc2)S(C)(=O)=O)cc1Cl. The third kappa shape index (κ3) is 4.95. The number of halogens is 1. The minimum absolute atomic E-state index is 0.313. The summed E-state index contributed by atoms with van der Waals surface area (Å²) in [6.45, 7) is 1.41. The third-order valence-corrected chi connectivity index (χ3v) is 4.98. The van der Waals surface area contributed by atoms with Crippen LogP contribution in [0.15, 0.2) is 42.5 Å². The maximum absolute atomic E-state index is 12.2. The Morgan fingerprint density at radius 2 is 1.88 bits per heavy atom. The van der Waals surface area contributed by atoms with Crippen molar-refractivity contribution in [1.29, 1.82) is 5.26 Å². The molecule has 8 heteroatoms. The lowest BCUT2D eigenvalue weighted by atomic mass is 10.2. The first-order chi connectivity index (χ1) is 11.7. The molecule has 0 spiro atoms. The molecule has 2 aromatic carbocycles. The van der Waals surface area contributed by atoms with Crippen molar-refractivity contribution in [3.05, 3.63) is 58.6 Å². The molecular formula is C17H16ClN3O3S. The van der Waals surface area contributed by atoms with Crippen LogP contribution in [0.4, 0.5) is 11.4 Å². The third-order valence-electron chi connectivity index (χ3n) is 3.43. The summed E-state index contributed by atoms with van der Waals surface area (Å²) in [6.07, 6.45) is 1.02. The van der Waals surface area contributed by atoms with Crippen LogP contribution in [0.25, 0.3) is 0 Å². The Morgan fingerprint density at radius 1 is 1.24 bits per heavy atom. The summed E-state index contributed by atoms with van der Waals surface area (Å²) in [6, 6.07) is 13.0. The highest BCUT2D eigenvalue weighted by Crippen LogP contribution is 2.24. The first-order valence-corrected chi connectivity index (χ1v) is 9.47. The van der Waals surface area contributed by atoms with E-state index in [4.69, 9.17) is 16.9 Å². The lowest BCUT2D eigenvalue weighted by Gasteiger charge is -2.22. The van der Waals surface area contributed by atoms with Gasteiger partial charge in [0.1, 0.15) is 6.54 Å². The predicted octanol–water partition coefficient (Wildman–Crippen LogP) is 2.92. The van der Waals surface area contributed by atoms with Gasteiger partial charge in [0.15, 0.2) is 0 Å². The van der Waals surface area contributed by atoms with E-state index < -0.39 is 22.5 Å². The van der Waals surface area contributed by atoms with E-state index in [-0.39, 0.29) is 0 Å². The molecule has 0 atom stereocenters. The van der Waals surface area contributed by atoms with E-state index in [1.807, 2.05) is 6.07 Å². The fraction of sp³-hybridized carbons (Fsp3) is 0.176. The van der Waals surface area contributed by atoms with Gasteiger partial charge in [-0.05, 0) is 48.9 Å². The minimum atomic E-state index is -3.67.